The number of hydrogen-bond acceptors (Lipinski definition) is 3. The number of hydrogen-bond donors (Lipinski definition) is 2. The van der Waals surface area contributed by atoms with Gasteiger partial charge in [0.2, 0.25) is 0 Å². The third-order valence-corrected chi connectivity index (χ3v) is 6.50. The topological polar surface area (TPSA) is 35.5 Å². The largest absolute Gasteiger partial charge is 0.506 e. The summed E-state index contributed by atoms with van der Waals surface area (Å²) >= 11 is 0. The van der Waals surface area contributed by atoms with Crippen molar-refractivity contribution in [2.45, 2.75) is 50.0 Å². The van der Waals surface area contributed by atoms with E-state index in [2.05, 4.69) is 29.4 Å². The lowest BCUT2D eigenvalue weighted by Gasteiger charge is -2.58. The highest BCUT2D eigenvalue weighted by Crippen LogP contribution is 2.56. The number of aromatic hydroxyl groups is 1. The maximum absolute atomic E-state index is 10.3. The van der Waals surface area contributed by atoms with Crippen molar-refractivity contribution in [1.29, 1.82) is 0 Å². The number of piperidine rings is 1. The summed E-state index contributed by atoms with van der Waals surface area (Å²) in [5.41, 5.74) is 4.15. The standard InChI is InChI=1S/C18H26N2O/c1-19-15-9-12-10-16-13-5-3-4-6-18(13,7-8-20(16)2)14(12)11-17(15)21/h9,11,13,16,19,21H,3-8,10H2,1-2H3/t13-,16-,18+/m0/s1. The van der Waals surface area contributed by atoms with Crippen molar-refractivity contribution in [3.8, 4) is 5.75 Å². The minimum atomic E-state index is 0.340. The summed E-state index contributed by atoms with van der Waals surface area (Å²) in [5.74, 6) is 1.21. The molecule has 2 bridgehead atoms. The van der Waals surface area contributed by atoms with Crippen LogP contribution < -0.4 is 5.32 Å². The molecule has 0 radical (unpaired) electrons. The first-order valence-corrected chi connectivity index (χ1v) is 8.40. The molecule has 2 aliphatic carbocycles. The fourth-order valence-electron chi connectivity index (χ4n) is 5.44. The van der Waals surface area contributed by atoms with E-state index < -0.39 is 0 Å². The van der Waals surface area contributed by atoms with Crippen molar-refractivity contribution in [1.82, 2.24) is 4.90 Å². The Morgan fingerprint density at radius 3 is 2.95 bits per heavy atom. The Kier molecular flexibility index (Phi) is 2.97. The Labute approximate surface area is 127 Å². The minimum absolute atomic E-state index is 0.340. The average molecular weight is 286 g/mol. The maximum atomic E-state index is 10.3. The zero-order valence-electron chi connectivity index (χ0n) is 13.2. The molecule has 0 spiro atoms. The van der Waals surface area contributed by atoms with Crippen LogP contribution in [-0.4, -0.2) is 36.7 Å². The van der Waals surface area contributed by atoms with Crippen LogP contribution in [0.1, 0.15) is 43.2 Å². The predicted molar refractivity (Wildman–Crippen MR) is 86.0 cm³/mol. The molecule has 0 unspecified atom stereocenters. The Balaban J connectivity index is 1.89. The van der Waals surface area contributed by atoms with E-state index in [1.165, 1.54) is 49.8 Å². The van der Waals surface area contributed by atoms with Crippen molar-refractivity contribution in [3.63, 3.8) is 0 Å². The van der Waals surface area contributed by atoms with Crippen LogP contribution in [-0.2, 0) is 11.8 Å². The molecule has 1 aliphatic heterocycles. The van der Waals surface area contributed by atoms with Crippen molar-refractivity contribution < 1.29 is 5.11 Å². The Hall–Kier alpha value is -1.22. The van der Waals surface area contributed by atoms with Gasteiger partial charge in [-0.25, -0.2) is 0 Å². The molecule has 3 heteroatoms. The molecule has 2 fully saturated rings. The zero-order valence-corrected chi connectivity index (χ0v) is 13.2. The van der Waals surface area contributed by atoms with E-state index in [4.69, 9.17) is 0 Å². The molecule has 21 heavy (non-hydrogen) atoms. The Bertz CT molecular complexity index is 571. The molecular formula is C18H26N2O. The summed E-state index contributed by atoms with van der Waals surface area (Å²) in [6.07, 6.45) is 7.81. The van der Waals surface area contributed by atoms with Crippen LogP contribution in [0.5, 0.6) is 5.75 Å². The third-order valence-electron chi connectivity index (χ3n) is 6.50. The maximum Gasteiger partial charge on any atom is 0.138 e. The van der Waals surface area contributed by atoms with Crippen molar-refractivity contribution in [2.24, 2.45) is 5.92 Å². The van der Waals surface area contributed by atoms with E-state index in [-0.39, 0.29) is 0 Å². The number of phenolic OH excluding ortho intramolecular Hbond substituents is 1. The molecule has 4 rings (SSSR count). The molecule has 0 aromatic heterocycles. The van der Waals surface area contributed by atoms with Crippen LogP contribution in [0.2, 0.25) is 0 Å². The van der Waals surface area contributed by atoms with Gasteiger partial charge in [0, 0.05) is 18.5 Å². The van der Waals surface area contributed by atoms with Crippen molar-refractivity contribution in [3.05, 3.63) is 23.3 Å². The quantitative estimate of drug-likeness (QED) is 0.779. The fourth-order valence-corrected chi connectivity index (χ4v) is 5.44. The predicted octanol–water partition coefficient (Wildman–Crippen LogP) is 3.12. The lowest BCUT2D eigenvalue weighted by molar-refractivity contribution is 0.00277. The lowest BCUT2D eigenvalue weighted by atomic mass is 9.52. The molecule has 3 atom stereocenters. The van der Waals surface area contributed by atoms with Crippen LogP contribution in [0.15, 0.2) is 12.1 Å². The van der Waals surface area contributed by atoms with Crippen molar-refractivity contribution >= 4 is 5.69 Å². The molecular weight excluding hydrogens is 260 g/mol. The Morgan fingerprint density at radius 1 is 1.29 bits per heavy atom. The fraction of sp³-hybridized carbons (Fsp3) is 0.667. The van der Waals surface area contributed by atoms with Gasteiger partial charge in [0.1, 0.15) is 5.75 Å². The van der Waals surface area contributed by atoms with Crippen LogP contribution >= 0.6 is 0 Å². The molecule has 1 saturated carbocycles. The molecule has 1 aromatic rings. The van der Waals surface area contributed by atoms with Gasteiger partial charge < -0.3 is 15.3 Å². The smallest absolute Gasteiger partial charge is 0.138 e. The summed E-state index contributed by atoms with van der Waals surface area (Å²) in [7, 11) is 4.19. The highest BCUT2D eigenvalue weighted by atomic mass is 16.3. The monoisotopic (exact) mass is 286 g/mol. The van der Waals surface area contributed by atoms with E-state index in [9.17, 15) is 5.11 Å². The Morgan fingerprint density at radius 2 is 2.14 bits per heavy atom. The van der Waals surface area contributed by atoms with Gasteiger partial charge in [0.15, 0.2) is 0 Å². The number of nitrogens with one attached hydrogen (secondary N) is 1. The second-order valence-electron chi connectivity index (χ2n) is 7.29. The number of phenols is 1. The van der Waals surface area contributed by atoms with Gasteiger partial charge in [-0.15, -0.1) is 0 Å². The van der Waals surface area contributed by atoms with Gasteiger partial charge in [0.25, 0.3) is 0 Å². The van der Waals surface area contributed by atoms with Gasteiger partial charge >= 0.3 is 0 Å². The van der Waals surface area contributed by atoms with E-state index >= 15 is 0 Å². The van der Waals surface area contributed by atoms with Gasteiger partial charge in [0.05, 0.1) is 5.69 Å². The number of fused-ring (bicyclic) bond motifs is 1. The summed E-state index contributed by atoms with van der Waals surface area (Å²) in [6.45, 7) is 1.20. The number of likely N-dealkylation sites (N-methyl/N-ethyl adjacent to an activating group) is 1. The van der Waals surface area contributed by atoms with E-state index in [1.54, 1.807) is 0 Å². The minimum Gasteiger partial charge on any atom is -0.506 e. The number of benzene rings is 1. The third kappa shape index (κ3) is 1.76. The second kappa shape index (κ2) is 4.64. The molecule has 1 aromatic carbocycles. The summed E-state index contributed by atoms with van der Waals surface area (Å²) in [6, 6.07) is 4.98. The molecule has 3 aliphatic rings. The van der Waals surface area contributed by atoms with Gasteiger partial charge in [-0.05, 0) is 68.5 Å². The van der Waals surface area contributed by atoms with Crippen molar-refractivity contribution in [2.75, 3.05) is 26.0 Å². The number of anilines is 1. The molecule has 3 nitrogen and oxygen atoms in total. The normalized spacial score (nSPS) is 35.0. The van der Waals surface area contributed by atoms with E-state index in [0.29, 0.717) is 17.2 Å². The first-order valence-electron chi connectivity index (χ1n) is 8.40. The number of likely N-dealkylation sites (tertiary alicyclic amines) is 1. The second-order valence-corrected chi connectivity index (χ2v) is 7.29. The zero-order chi connectivity index (χ0) is 14.6. The average Bonchev–Trinajstić information content (AvgIpc) is 2.51. The first-order chi connectivity index (χ1) is 10.2. The summed E-state index contributed by atoms with van der Waals surface area (Å²) in [5, 5.41) is 13.5. The highest BCUT2D eigenvalue weighted by Gasteiger charge is 2.53. The highest BCUT2D eigenvalue weighted by molar-refractivity contribution is 5.61. The molecule has 114 valence electrons. The SMILES string of the molecule is CNc1cc2c(cc1O)[C@@]13CCCC[C@H]1[C@H](C2)N(C)CC3. The van der Waals surface area contributed by atoms with Crippen LogP contribution in [0.3, 0.4) is 0 Å². The van der Waals surface area contributed by atoms with Crippen LogP contribution in [0, 0.1) is 5.92 Å². The summed E-state index contributed by atoms with van der Waals surface area (Å²) in [4.78, 5) is 2.59. The molecule has 0 amide bonds. The molecule has 2 N–H and O–H groups in total. The molecule has 1 heterocycles. The number of rotatable bonds is 1. The molecule has 1 saturated heterocycles. The van der Waals surface area contributed by atoms with E-state index in [0.717, 1.165) is 18.0 Å². The van der Waals surface area contributed by atoms with Crippen LogP contribution in [0.4, 0.5) is 5.69 Å². The van der Waals surface area contributed by atoms with Gasteiger partial charge in [-0.2, -0.15) is 0 Å². The van der Waals surface area contributed by atoms with Crippen LogP contribution in [0.25, 0.3) is 0 Å². The first kappa shape index (κ1) is 13.4. The van der Waals surface area contributed by atoms with E-state index in [1.807, 2.05) is 7.05 Å². The lowest BCUT2D eigenvalue weighted by Crippen LogP contribution is -2.59. The van der Waals surface area contributed by atoms with Gasteiger partial charge in [-0.1, -0.05) is 12.8 Å². The number of nitrogens with zero attached hydrogens (tertiary/aromatic N) is 1. The summed E-state index contributed by atoms with van der Waals surface area (Å²) < 4.78 is 0. The van der Waals surface area contributed by atoms with Gasteiger partial charge in [-0.3, -0.25) is 0 Å².